The molecule has 0 aliphatic rings. The van der Waals surface area contributed by atoms with E-state index in [1.54, 1.807) is 42.5 Å². The van der Waals surface area contributed by atoms with E-state index >= 15 is 0 Å². The number of hydrogen-bond donors (Lipinski definition) is 2. The van der Waals surface area contributed by atoms with Crippen molar-refractivity contribution in [3.05, 3.63) is 47.5 Å². The number of aliphatic imine (C=N–C) groups is 1. The van der Waals surface area contributed by atoms with Crippen molar-refractivity contribution < 1.29 is 23.7 Å². The van der Waals surface area contributed by atoms with Gasteiger partial charge in [-0.25, -0.2) is 0 Å². The standard InChI is InChI=1S/C23H32N4O5.HI/c1-24-23(26-14-17-11-19(29-4)22(31-6)20(12-17)30-5)25-13-16-8-7-9-18(10-16)32-15-21(28)27(2)3;/h7-12H,13-15H2,1-6H3,(H2,24,25,26);1H. The van der Waals surface area contributed by atoms with Crippen LogP contribution >= 0.6 is 24.0 Å². The molecule has 2 aromatic rings. The summed E-state index contributed by atoms with van der Waals surface area (Å²) in [6.45, 7) is 1.04. The van der Waals surface area contributed by atoms with E-state index in [2.05, 4.69) is 15.6 Å². The number of methoxy groups -OCH3 is 3. The number of nitrogens with zero attached hydrogens (tertiary/aromatic N) is 2. The quantitative estimate of drug-likeness (QED) is 0.257. The highest BCUT2D eigenvalue weighted by molar-refractivity contribution is 14.0. The zero-order valence-corrected chi connectivity index (χ0v) is 22.3. The topological polar surface area (TPSA) is 93.7 Å². The number of benzene rings is 2. The Kier molecular flexibility index (Phi) is 12.2. The minimum Gasteiger partial charge on any atom is -0.493 e. The Morgan fingerprint density at radius 3 is 2.06 bits per heavy atom. The maximum Gasteiger partial charge on any atom is 0.259 e. The van der Waals surface area contributed by atoms with Crippen molar-refractivity contribution in [1.82, 2.24) is 15.5 Å². The van der Waals surface area contributed by atoms with E-state index in [4.69, 9.17) is 18.9 Å². The number of amides is 1. The Morgan fingerprint density at radius 1 is 0.939 bits per heavy atom. The molecule has 0 fully saturated rings. The van der Waals surface area contributed by atoms with Gasteiger partial charge in [0.2, 0.25) is 5.75 Å². The first kappa shape index (κ1) is 28.1. The molecule has 2 rings (SSSR count). The predicted octanol–water partition coefficient (Wildman–Crippen LogP) is 2.66. The molecule has 2 aromatic carbocycles. The zero-order chi connectivity index (χ0) is 23.5. The summed E-state index contributed by atoms with van der Waals surface area (Å²) >= 11 is 0. The van der Waals surface area contributed by atoms with E-state index in [1.807, 2.05) is 36.4 Å². The molecule has 0 saturated carbocycles. The lowest BCUT2D eigenvalue weighted by atomic mass is 10.2. The monoisotopic (exact) mass is 572 g/mol. The van der Waals surface area contributed by atoms with E-state index in [1.165, 1.54) is 4.90 Å². The van der Waals surface area contributed by atoms with Gasteiger partial charge in [0, 0.05) is 34.2 Å². The fourth-order valence-electron chi connectivity index (χ4n) is 2.85. The summed E-state index contributed by atoms with van der Waals surface area (Å²) in [6, 6.07) is 11.3. The lowest BCUT2D eigenvalue weighted by Crippen LogP contribution is -2.36. The Hall–Kier alpha value is -2.89. The van der Waals surface area contributed by atoms with Crippen LogP contribution in [0, 0.1) is 0 Å². The number of carbonyl (C=O) groups is 1. The highest BCUT2D eigenvalue weighted by Crippen LogP contribution is 2.38. The SMILES string of the molecule is CN=C(NCc1cccc(OCC(=O)N(C)C)c1)NCc1cc(OC)c(OC)c(OC)c1.I. The number of likely N-dealkylation sites (N-methyl/N-ethyl adjacent to an activating group) is 1. The van der Waals surface area contributed by atoms with Crippen LogP contribution in [-0.4, -0.2) is 65.8 Å². The van der Waals surface area contributed by atoms with Crippen molar-refractivity contribution in [2.75, 3.05) is 49.1 Å². The van der Waals surface area contributed by atoms with Crippen molar-refractivity contribution in [2.24, 2.45) is 4.99 Å². The summed E-state index contributed by atoms with van der Waals surface area (Å²) in [5.41, 5.74) is 1.94. The molecule has 0 aliphatic carbocycles. The smallest absolute Gasteiger partial charge is 0.259 e. The summed E-state index contributed by atoms with van der Waals surface area (Å²) in [7, 11) is 9.85. The van der Waals surface area contributed by atoms with Crippen LogP contribution in [0.2, 0.25) is 0 Å². The van der Waals surface area contributed by atoms with Gasteiger partial charge in [0.15, 0.2) is 24.1 Å². The van der Waals surface area contributed by atoms with Crippen molar-refractivity contribution in [1.29, 1.82) is 0 Å². The maximum absolute atomic E-state index is 11.7. The van der Waals surface area contributed by atoms with Gasteiger partial charge in [-0.2, -0.15) is 0 Å². The average Bonchev–Trinajstić information content (AvgIpc) is 2.81. The van der Waals surface area contributed by atoms with Gasteiger partial charge in [0.25, 0.3) is 5.91 Å². The number of carbonyl (C=O) groups excluding carboxylic acids is 1. The Balaban J connectivity index is 0.00000544. The zero-order valence-electron chi connectivity index (χ0n) is 19.9. The Labute approximate surface area is 212 Å². The third kappa shape index (κ3) is 8.52. The van der Waals surface area contributed by atoms with E-state index in [0.717, 1.165) is 11.1 Å². The first-order valence-electron chi connectivity index (χ1n) is 10.1. The summed E-state index contributed by atoms with van der Waals surface area (Å²) in [5.74, 6) is 2.92. The van der Waals surface area contributed by atoms with Crippen LogP contribution in [0.4, 0.5) is 0 Å². The van der Waals surface area contributed by atoms with Gasteiger partial charge < -0.3 is 34.5 Å². The highest BCUT2D eigenvalue weighted by atomic mass is 127. The first-order chi connectivity index (χ1) is 15.4. The number of halogens is 1. The normalized spacial score (nSPS) is 10.5. The molecule has 0 bridgehead atoms. The van der Waals surface area contributed by atoms with Crippen LogP contribution in [0.3, 0.4) is 0 Å². The molecule has 0 unspecified atom stereocenters. The summed E-state index contributed by atoms with van der Waals surface area (Å²) in [6.07, 6.45) is 0. The summed E-state index contributed by atoms with van der Waals surface area (Å²) in [4.78, 5) is 17.5. The van der Waals surface area contributed by atoms with Gasteiger partial charge in [0.1, 0.15) is 5.75 Å². The molecular weight excluding hydrogens is 539 g/mol. The lowest BCUT2D eigenvalue weighted by molar-refractivity contribution is -0.130. The van der Waals surface area contributed by atoms with Gasteiger partial charge in [-0.05, 0) is 35.4 Å². The van der Waals surface area contributed by atoms with Crippen LogP contribution < -0.4 is 29.6 Å². The van der Waals surface area contributed by atoms with Gasteiger partial charge in [-0.15, -0.1) is 24.0 Å². The second-order valence-electron chi connectivity index (χ2n) is 7.04. The average molecular weight is 572 g/mol. The Morgan fingerprint density at radius 2 is 1.55 bits per heavy atom. The number of rotatable bonds is 10. The van der Waals surface area contributed by atoms with Crippen molar-refractivity contribution >= 4 is 35.8 Å². The molecule has 0 saturated heterocycles. The summed E-state index contributed by atoms with van der Waals surface area (Å²) < 4.78 is 21.7. The molecule has 0 aromatic heterocycles. The number of nitrogens with one attached hydrogen (secondary N) is 2. The minimum absolute atomic E-state index is 0. The number of hydrogen-bond acceptors (Lipinski definition) is 6. The number of guanidine groups is 1. The molecule has 0 heterocycles. The third-order valence-electron chi connectivity index (χ3n) is 4.63. The van der Waals surface area contributed by atoms with Crippen molar-refractivity contribution in [3.8, 4) is 23.0 Å². The second-order valence-corrected chi connectivity index (χ2v) is 7.04. The molecule has 1 amide bonds. The molecular formula is C23H33IN4O5. The van der Waals surface area contributed by atoms with Gasteiger partial charge in [0.05, 0.1) is 21.3 Å². The number of ether oxygens (including phenoxy) is 4. The molecule has 2 N–H and O–H groups in total. The highest BCUT2D eigenvalue weighted by Gasteiger charge is 2.13. The molecule has 0 aliphatic heterocycles. The summed E-state index contributed by atoms with van der Waals surface area (Å²) in [5, 5.41) is 6.54. The van der Waals surface area contributed by atoms with E-state index in [-0.39, 0.29) is 36.5 Å². The molecule has 0 spiro atoms. The molecule has 9 nitrogen and oxygen atoms in total. The minimum atomic E-state index is -0.0927. The predicted molar refractivity (Wildman–Crippen MR) is 139 cm³/mol. The van der Waals surface area contributed by atoms with Gasteiger partial charge in [-0.1, -0.05) is 12.1 Å². The van der Waals surface area contributed by atoms with Crippen LogP contribution in [0.5, 0.6) is 23.0 Å². The van der Waals surface area contributed by atoms with Crippen LogP contribution in [-0.2, 0) is 17.9 Å². The van der Waals surface area contributed by atoms with Crippen LogP contribution in [0.25, 0.3) is 0 Å². The van der Waals surface area contributed by atoms with Gasteiger partial charge in [-0.3, -0.25) is 9.79 Å². The maximum atomic E-state index is 11.7. The fraction of sp³-hybridized carbons (Fsp3) is 0.391. The van der Waals surface area contributed by atoms with Crippen molar-refractivity contribution in [2.45, 2.75) is 13.1 Å². The van der Waals surface area contributed by atoms with Gasteiger partial charge >= 0.3 is 0 Å². The van der Waals surface area contributed by atoms with E-state index in [0.29, 0.717) is 42.0 Å². The van der Waals surface area contributed by atoms with Crippen LogP contribution in [0.15, 0.2) is 41.4 Å². The molecule has 0 radical (unpaired) electrons. The van der Waals surface area contributed by atoms with E-state index in [9.17, 15) is 4.79 Å². The van der Waals surface area contributed by atoms with E-state index < -0.39 is 0 Å². The lowest BCUT2D eigenvalue weighted by Gasteiger charge is -2.16. The van der Waals surface area contributed by atoms with Crippen molar-refractivity contribution in [3.63, 3.8) is 0 Å². The fourth-order valence-corrected chi connectivity index (χ4v) is 2.85. The second kappa shape index (κ2) is 14.3. The largest absolute Gasteiger partial charge is 0.493 e. The van der Waals surface area contributed by atoms with Crippen LogP contribution in [0.1, 0.15) is 11.1 Å². The Bertz CT molecular complexity index is 912. The first-order valence-corrected chi connectivity index (χ1v) is 10.1. The molecule has 10 heteroatoms. The molecule has 0 atom stereocenters. The molecule has 182 valence electrons. The molecule has 33 heavy (non-hydrogen) atoms. The third-order valence-corrected chi connectivity index (χ3v) is 4.63.